The number of guanidine groups is 1. The molecule has 0 spiro atoms. The number of nitrogens with one attached hydrogen (secondary N) is 1. The fraction of sp³-hybridized carbons (Fsp3) is 0.448. The van der Waals surface area contributed by atoms with E-state index in [9.17, 15) is 4.39 Å². The van der Waals surface area contributed by atoms with Crippen LogP contribution in [0.5, 0.6) is 5.75 Å². The predicted octanol–water partition coefficient (Wildman–Crippen LogP) is 6.14. The summed E-state index contributed by atoms with van der Waals surface area (Å²) in [5, 5.41) is 2.95. The molecular formula is C29H36F3N5O. The molecule has 0 amide bonds. The maximum absolute atomic E-state index is 15.1. The van der Waals surface area contributed by atoms with Gasteiger partial charge in [-0.15, -0.1) is 0 Å². The lowest BCUT2D eigenvalue weighted by molar-refractivity contribution is 0.252. The summed E-state index contributed by atoms with van der Waals surface area (Å²) in [4.78, 5) is 12.7. The summed E-state index contributed by atoms with van der Waals surface area (Å²) in [5.41, 5.74) is 1.67. The van der Waals surface area contributed by atoms with Gasteiger partial charge in [-0.05, 0) is 89.5 Å². The normalized spacial score (nSPS) is 19.4. The number of benzene rings is 2. The minimum absolute atomic E-state index is 0.00735. The maximum Gasteiger partial charge on any atom is 0.222 e. The molecule has 1 saturated heterocycles. The fourth-order valence-electron chi connectivity index (χ4n) is 5.27. The lowest BCUT2D eigenvalue weighted by atomic mass is 9.89. The molecule has 1 atom stereocenters. The van der Waals surface area contributed by atoms with E-state index in [0.29, 0.717) is 23.5 Å². The molecule has 204 valence electrons. The predicted molar refractivity (Wildman–Crippen MR) is 149 cm³/mol. The Kier molecular flexibility index (Phi) is 8.45. The van der Waals surface area contributed by atoms with E-state index in [1.807, 2.05) is 25.7 Å². The molecule has 0 aromatic heterocycles. The van der Waals surface area contributed by atoms with Gasteiger partial charge in [0.05, 0.1) is 11.7 Å². The summed E-state index contributed by atoms with van der Waals surface area (Å²) < 4.78 is 50.5. The van der Waals surface area contributed by atoms with Crippen LogP contribution in [0.4, 0.5) is 24.5 Å². The highest BCUT2D eigenvalue weighted by Gasteiger charge is 2.30. The largest absolute Gasteiger partial charge is 0.486 e. The van der Waals surface area contributed by atoms with E-state index in [0.717, 1.165) is 25.9 Å². The molecule has 9 heteroatoms. The second-order valence-corrected chi connectivity index (χ2v) is 10.3. The standard InChI is InChI=1S/C29H36F3N5O/c1-17(2)37-18(3)16-38-28-25(32)13-21(14-26(28)37)27(19(4)30)35-29(33-5)34-22-7-8-23(24(31)15-22)20-9-11-36(6)12-10-20/h7-8,13-15,17-18,20H,4,9-12,16H2,1-3,5-6H3,(H,33,34)/b35-27+. The van der Waals surface area contributed by atoms with Gasteiger partial charge in [-0.2, -0.15) is 0 Å². The number of piperidine rings is 1. The van der Waals surface area contributed by atoms with Gasteiger partial charge in [0, 0.05) is 24.3 Å². The highest BCUT2D eigenvalue weighted by molar-refractivity contribution is 6.17. The highest BCUT2D eigenvalue weighted by atomic mass is 19.1. The van der Waals surface area contributed by atoms with Crippen LogP contribution < -0.4 is 15.0 Å². The Bertz CT molecular complexity index is 1250. The molecule has 2 aliphatic heterocycles. The molecule has 1 N–H and O–H groups in total. The Balaban J connectivity index is 1.62. The summed E-state index contributed by atoms with van der Waals surface area (Å²) in [6.45, 7) is 11.6. The van der Waals surface area contributed by atoms with Gasteiger partial charge in [-0.1, -0.05) is 12.6 Å². The van der Waals surface area contributed by atoms with Crippen LogP contribution in [0.3, 0.4) is 0 Å². The van der Waals surface area contributed by atoms with Gasteiger partial charge >= 0.3 is 0 Å². The molecule has 1 unspecified atom stereocenters. The van der Waals surface area contributed by atoms with Crippen molar-refractivity contribution in [1.82, 2.24) is 4.90 Å². The molecular weight excluding hydrogens is 491 g/mol. The monoisotopic (exact) mass is 527 g/mol. The minimum Gasteiger partial charge on any atom is -0.486 e. The lowest BCUT2D eigenvalue weighted by Gasteiger charge is -2.40. The first-order chi connectivity index (χ1) is 18.1. The SMILES string of the molecule is C=C(F)/C(=N\C(=N/C)Nc1ccc(C2CCN(C)CC2)c(F)c1)c1cc(F)c2c(c1)N(C(C)C)C(C)CO2. The lowest BCUT2D eigenvalue weighted by Crippen LogP contribution is -2.45. The fourth-order valence-corrected chi connectivity index (χ4v) is 5.27. The Hall–Kier alpha value is -3.33. The third kappa shape index (κ3) is 5.88. The van der Waals surface area contributed by atoms with Crippen molar-refractivity contribution in [3.8, 4) is 5.75 Å². The van der Waals surface area contributed by atoms with E-state index in [2.05, 4.69) is 33.8 Å². The summed E-state index contributed by atoms with van der Waals surface area (Å²) in [6, 6.07) is 7.85. The first kappa shape index (κ1) is 27.7. The van der Waals surface area contributed by atoms with Crippen LogP contribution in [0.1, 0.15) is 50.7 Å². The summed E-state index contributed by atoms with van der Waals surface area (Å²) >= 11 is 0. The van der Waals surface area contributed by atoms with Gasteiger partial charge in [0.2, 0.25) is 5.96 Å². The number of ether oxygens (including phenoxy) is 1. The maximum atomic E-state index is 15.1. The van der Waals surface area contributed by atoms with Gasteiger partial charge in [-0.25, -0.2) is 18.2 Å². The smallest absolute Gasteiger partial charge is 0.222 e. The Morgan fingerprint density at radius 1 is 1.13 bits per heavy atom. The van der Waals surface area contributed by atoms with Gasteiger partial charge < -0.3 is 19.9 Å². The average Bonchev–Trinajstić information content (AvgIpc) is 2.86. The van der Waals surface area contributed by atoms with E-state index < -0.39 is 11.6 Å². The second kappa shape index (κ2) is 11.6. The Labute approximate surface area is 222 Å². The van der Waals surface area contributed by atoms with Crippen molar-refractivity contribution in [2.75, 3.05) is 44.0 Å². The molecule has 0 saturated carbocycles. The highest BCUT2D eigenvalue weighted by Crippen LogP contribution is 2.39. The van der Waals surface area contributed by atoms with Gasteiger partial charge in [0.15, 0.2) is 11.6 Å². The number of allylic oxidation sites excluding steroid dienone is 1. The quantitative estimate of drug-likeness (QED) is 0.375. The van der Waals surface area contributed by atoms with Crippen LogP contribution >= 0.6 is 0 Å². The van der Waals surface area contributed by atoms with E-state index in [1.54, 1.807) is 18.2 Å². The third-order valence-corrected chi connectivity index (χ3v) is 7.18. The van der Waals surface area contributed by atoms with Crippen molar-refractivity contribution in [3.05, 3.63) is 65.5 Å². The van der Waals surface area contributed by atoms with Crippen LogP contribution in [-0.4, -0.2) is 62.4 Å². The molecule has 2 aromatic carbocycles. The molecule has 6 nitrogen and oxygen atoms in total. The van der Waals surface area contributed by atoms with E-state index in [1.165, 1.54) is 19.2 Å². The number of hydrogen-bond acceptors (Lipinski definition) is 4. The van der Waals surface area contributed by atoms with Crippen molar-refractivity contribution in [3.63, 3.8) is 0 Å². The zero-order valence-corrected chi connectivity index (χ0v) is 22.7. The molecule has 2 aliphatic rings. The number of likely N-dealkylation sites (tertiary alicyclic amines) is 1. The molecule has 0 bridgehead atoms. The Morgan fingerprint density at radius 3 is 2.45 bits per heavy atom. The molecule has 2 heterocycles. The van der Waals surface area contributed by atoms with Crippen molar-refractivity contribution in [1.29, 1.82) is 0 Å². The topological polar surface area (TPSA) is 52.5 Å². The number of anilines is 2. The van der Waals surface area contributed by atoms with Crippen molar-refractivity contribution >= 4 is 23.0 Å². The number of hydrogen-bond donors (Lipinski definition) is 1. The van der Waals surface area contributed by atoms with Crippen molar-refractivity contribution in [2.24, 2.45) is 9.98 Å². The molecule has 38 heavy (non-hydrogen) atoms. The van der Waals surface area contributed by atoms with E-state index >= 15 is 8.78 Å². The zero-order valence-electron chi connectivity index (χ0n) is 22.7. The van der Waals surface area contributed by atoms with Crippen LogP contribution in [0, 0.1) is 11.6 Å². The second-order valence-electron chi connectivity index (χ2n) is 10.3. The molecule has 1 fully saturated rings. The average molecular weight is 528 g/mol. The summed E-state index contributed by atoms with van der Waals surface area (Å²) in [5.74, 6) is -1.43. The van der Waals surface area contributed by atoms with E-state index in [4.69, 9.17) is 4.74 Å². The molecule has 0 radical (unpaired) electrons. The van der Waals surface area contributed by atoms with Crippen LogP contribution in [-0.2, 0) is 0 Å². The zero-order chi connectivity index (χ0) is 27.6. The molecule has 2 aromatic rings. The number of aliphatic imine (C=N–C) groups is 2. The number of rotatable bonds is 5. The first-order valence-corrected chi connectivity index (χ1v) is 13.0. The van der Waals surface area contributed by atoms with Crippen LogP contribution in [0.2, 0.25) is 0 Å². The molecule has 4 rings (SSSR count). The van der Waals surface area contributed by atoms with Crippen LogP contribution in [0.25, 0.3) is 0 Å². The van der Waals surface area contributed by atoms with Gasteiger partial charge in [0.1, 0.15) is 24.0 Å². The minimum atomic E-state index is -0.850. The number of halogens is 3. The van der Waals surface area contributed by atoms with Gasteiger partial charge in [-0.3, -0.25) is 4.99 Å². The van der Waals surface area contributed by atoms with Gasteiger partial charge in [0.25, 0.3) is 0 Å². The number of fused-ring (bicyclic) bond motifs is 1. The summed E-state index contributed by atoms with van der Waals surface area (Å²) in [6.07, 6.45) is 1.81. The number of nitrogens with zero attached hydrogens (tertiary/aromatic N) is 4. The summed E-state index contributed by atoms with van der Waals surface area (Å²) in [7, 11) is 3.55. The van der Waals surface area contributed by atoms with Crippen molar-refractivity contribution < 1.29 is 17.9 Å². The van der Waals surface area contributed by atoms with Crippen molar-refractivity contribution in [2.45, 2.75) is 51.6 Å². The van der Waals surface area contributed by atoms with Crippen LogP contribution in [0.15, 0.2) is 52.7 Å². The third-order valence-electron chi connectivity index (χ3n) is 7.18. The molecule has 0 aliphatic carbocycles. The Morgan fingerprint density at radius 2 is 1.84 bits per heavy atom. The first-order valence-electron chi connectivity index (χ1n) is 13.0. The van der Waals surface area contributed by atoms with E-state index in [-0.39, 0.29) is 46.8 Å².